The molecule has 0 aliphatic rings. The first-order valence-electron chi connectivity index (χ1n) is 9.30. The van der Waals surface area contributed by atoms with E-state index < -0.39 is 0 Å². The molecule has 29 heavy (non-hydrogen) atoms. The number of thioether (sulfide) groups is 1. The largest absolute Gasteiger partial charge is 0.338 e. The number of nitrogens with zero attached hydrogens (tertiary/aromatic N) is 5. The topological polar surface area (TPSA) is 69.6 Å². The number of rotatable bonds is 6. The van der Waals surface area contributed by atoms with Crippen LogP contribution in [0.2, 0.25) is 0 Å². The molecule has 0 spiro atoms. The summed E-state index contributed by atoms with van der Waals surface area (Å²) in [5.41, 5.74) is 1.70. The molecule has 2 heterocycles. The first kappa shape index (κ1) is 19.3. The highest BCUT2D eigenvalue weighted by Crippen LogP contribution is 2.36. The van der Waals surface area contributed by atoms with E-state index in [0.717, 1.165) is 11.3 Å². The summed E-state index contributed by atoms with van der Waals surface area (Å²) in [6, 6.07) is 16.0. The van der Waals surface area contributed by atoms with Crippen LogP contribution in [0.15, 0.2) is 64.3 Å². The van der Waals surface area contributed by atoms with Crippen molar-refractivity contribution >= 4 is 11.8 Å². The van der Waals surface area contributed by atoms with Gasteiger partial charge >= 0.3 is 0 Å². The molecule has 0 unspecified atom stereocenters. The summed E-state index contributed by atoms with van der Waals surface area (Å²) in [5.74, 6) is 1.79. The Morgan fingerprint density at radius 1 is 0.966 bits per heavy atom. The Hall–Kier alpha value is -3.00. The standard InChI is InChI=1S/C21H20FN5OS/c1-13(2)18-23-20(28-26-18)14(3)29-21-25-24-19(15-7-5-4-6-8-15)27(21)17-11-9-16(22)10-12-17/h4-14H,1-3H3/t14-/m1/s1. The molecule has 0 radical (unpaired) electrons. The summed E-state index contributed by atoms with van der Waals surface area (Å²) in [5, 5.41) is 13.4. The van der Waals surface area contributed by atoms with Crippen LogP contribution in [0.1, 0.15) is 43.7 Å². The molecule has 4 aromatic rings. The molecule has 0 N–H and O–H groups in total. The van der Waals surface area contributed by atoms with Crippen molar-refractivity contribution in [2.24, 2.45) is 0 Å². The first-order valence-corrected chi connectivity index (χ1v) is 10.2. The fourth-order valence-corrected chi connectivity index (χ4v) is 3.70. The van der Waals surface area contributed by atoms with Gasteiger partial charge in [0, 0.05) is 17.2 Å². The van der Waals surface area contributed by atoms with Crippen LogP contribution in [0.25, 0.3) is 17.1 Å². The fraction of sp³-hybridized carbons (Fsp3) is 0.238. The first-order chi connectivity index (χ1) is 14.0. The van der Waals surface area contributed by atoms with Crippen molar-refractivity contribution in [3.8, 4) is 17.1 Å². The quantitative estimate of drug-likeness (QED) is 0.395. The third-order valence-electron chi connectivity index (χ3n) is 4.35. The van der Waals surface area contributed by atoms with Crippen molar-refractivity contribution in [1.29, 1.82) is 0 Å². The number of halogens is 1. The van der Waals surface area contributed by atoms with Crippen molar-refractivity contribution in [2.45, 2.75) is 37.1 Å². The molecule has 0 saturated carbocycles. The minimum absolute atomic E-state index is 0.123. The summed E-state index contributed by atoms with van der Waals surface area (Å²) in [4.78, 5) is 4.48. The summed E-state index contributed by atoms with van der Waals surface area (Å²) in [7, 11) is 0. The number of aromatic nitrogens is 5. The third-order valence-corrected chi connectivity index (χ3v) is 5.38. The van der Waals surface area contributed by atoms with Gasteiger partial charge in [-0.1, -0.05) is 61.1 Å². The maximum Gasteiger partial charge on any atom is 0.239 e. The molecule has 0 aliphatic carbocycles. The highest BCUT2D eigenvalue weighted by atomic mass is 32.2. The van der Waals surface area contributed by atoms with E-state index in [1.54, 1.807) is 12.1 Å². The van der Waals surface area contributed by atoms with Crippen LogP contribution in [-0.4, -0.2) is 24.9 Å². The molecule has 2 aromatic heterocycles. The Morgan fingerprint density at radius 3 is 2.34 bits per heavy atom. The van der Waals surface area contributed by atoms with Gasteiger partial charge in [-0.05, 0) is 31.2 Å². The molecule has 0 fully saturated rings. The highest BCUT2D eigenvalue weighted by Gasteiger charge is 2.22. The summed E-state index contributed by atoms with van der Waals surface area (Å²) in [6.07, 6.45) is 0. The van der Waals surface area contributed by atoms with Gasteiger partial charge in [0.2, 0.25) is 5.89 Å². The second kappa shape index (κ2) is 8.16. The fourth-order valence-electron chi connectivity index (χ4n) is 2.80. The molecule has 0 amide bonds. The maximum atomic E-state index is 13.5. The van der Waals surface area contributed by atoms with Gasteiger partial charge in [0.05, 0.1) is 5.25 Å². The summed E-state index contributed by atoms with van der Waals surface area (Å²) in [6.45, 7) is 6.02. The van der Waals surface area contributed by atoms with Crippen LogP contribution in [0.3, 0.4) is 0 Å². The van der Waals surface area contributed by atoms with Gasteiger partial charge in [0.25, 0.3) is 0 Å². The lowest BCUT2D eigenvalue weighted by atomic mass is 10.2. The second-order valence-corrected chi connectivity index (χ2v) is 8.20. The zero-order chi connectivity index (χ0) is 20.4. The van der Waals surface area contributed by atoms with E-state index in [4.69, 9.17) is 4.52 Å². The molecule has 8 heteroatoms. The smallest absolute Gasteiger partial charge is 0.239 e. The predicted molar refractivity (Wildman–Crippen MR) is 109 cm³/mol. The number of benzene rings is 2. The van der Waals surface area contributed by atoms with Crippen LogP contribution in [-0.2, 0) is 0 Å². The van der Waals surface area contributed by atoms with E-state index in [2.05, 4.69) is 20.3 Å². The number of hydrogen-bond donors (Lipinski definition) is 0. The van der Waals surface area contributed by atoms with Crippen molar-refractivity contribution in [3.05, 3.63) is 72.1 Å². The molecule has 6 nitrogen and oxygen atoms in total. The maximum absolute atomic E-state index is 13.5. The Bertz CT molecular complexity index is 1090. The lowest BCUT2D eigenvalue weighted by Crippen LogP contribution is -2.01. The Labute approximate surface area is 172 Å². The van der Waals surface area contributed by atoms with Crippen molar-refractivity contribution in [3.63, 3.8) is 0 Å². The lowest BCUT2D eigenvalue weighted by molar-refractivity contribution is 0.373. The minimum atomic E-state index is -0.294. The van der Waals surface area contributed by atoms with Crippen molar-refractivity contribution in [2.75, 3.05) is 0 Å². The number of hydrogen-bond acceptors (Lipinski definition) is 6. The average Bonchev–Trinajstić information content (AvgIpc) is 3.37. The van der Waals surface area contributed by atoms with E-state index in [0.29, 0.717) is 22.7 Å². The molecule has 4 rings (SSSR count). The average molecular weight is 409 g/mol. The van der Waals surface area contributed by atoms with E-state index in [9.17, 15) is 4.39 Å². The van der Waals surface area contributed by atoms with Gasteiger partial charge in [-0.15, -0.1) is 10.2 Å². The van der Waals surface area contributed by atoms with Crippen LogP contribution in [0.5, 0.6) is 0 Å². The zero-order valence-electron chi connectivity index (χ0n) is 16.3. The summed E-state index contributed by atoms with van der Waals surface area (Å²) >= 11 is 1.46. The van der Waals surface area contributed by atoms with E-state index >= 15 is 0 Å². The van der Waals surface area contributed by atoms with Crippen LogP contribution >= 0.6 is 11.8 Å². The van der Waals surface area contributed by atoms with Gasteiger partial charge in [0.15, 0.2) is 16.8 Å². The van der Waals surface area contributed by atoms with Gasteiger partial charge in [-0.25, -0.2) is 4.39 Å². The Morgan fingerprint density at radius 2 is 1.69 bits per heavy atom. The Balaban J connectivity index is 1.73. The van der Waals surface area contributed by atoms with Crippen LogP contribution in [0.4, 0.5) is 4.39 Å². The molecule has 2 aromatic carbocycles. The molecule has 1 atom stereocenters. The normalized spacial score (nSPS) is 12.4. The molecule has 148 valence electrons. The zero-order valence-corrected chi connectivity index (χ0v) is 17.1. The van der Waals surface area contributed by atoms with E-state index in [1.165, 1.54) is 23.9 Å². The van der Waals surface area contributed by atoms with Gasteiger partial charge in [0.1, 0.15) is 5.82 Å². The van der Waals surface area contributed by atoms with Gasteiger partial charge < -0.3 is 4.52 Å². The second-order valence-electron chi connectivity index (χ2n) is 6.89. The van der Waals surface area contributed by atoms with Gasteiger partial charge in [-0.2, -0.15) is 4.98 Å². The Kier molecular flexibility index (Phi) is 5.44. The minimum Gasteiger partial charge on any atom is -0.338 e. The van der Waals surface area contributed by atoms with Crippen molar-refractivity contribution in [1.82, 2.24) is 24.9 Å². The third kappa shape index (κ3) is 4.07. The molecule has 0 aliphatic heterocycles. The van der Waals surface area contributed by atoms with Gasteiger partial charge in [-0.3, -0.25) is 4.57 Å². The molecule has 0 bridgehead atoms. The molecular weight excluding hydrogens is 389 g/mol. The van der Waals surface area contributed by atoms with Crippen LogP contribution in [0, 0.1) is 5.82 Å². The summed E-state index contributed by atoms with van der Waals surface area (Å²) < 4.78 is 20.8. The van der Waals surface area contributed by atoms with E-state index in [-0.39, 0.29) is 17.0 Å². The molecular formula is C21H20FN5OS. The SMILES string of the molecule is CC(C)c1noc([C@@H](C)Sc2nnc(-c3ccccc3)n2-c2ccc(F)cc2)n1. The predicted octanol–water partition coefficient (Wildman–Crippen LogP) is 5.43. The highest BCUT2D eigenvalue weighted by molar-refractivity contribution is 7.99. The monoisotopic (exact) mass is 409 g/mol. The lowest BCUT2D eigenvalue weighted by Gasteiger charge is -2.12. The molecule has 0 saturated heterocycles. The van der Waals surface area contributed by atoms with Crippen molar-refractivity contribution < 1.29 is 8.91 Å². The van der Waals surface area contributed by atoms with E-state index in [1.807, 2.05) is 55.7 Å². The van der Waals surface area contributed by atoms with Crippen LogP contribution < -0.4 is 0 Å².